The smallest absolute Gasteiger partial charge is 0.193 e. The van der Waals surface area contributed by atoms with E-state index < -0.39 is 14.6 Å². The molecule has 7 heteroatoms. The van der Waals surface area contributed by atoms with Gasteiger partial charge in [0.2, 0.25) is 0 Å². The van der Waals surface area contributed by atoms with Gasteiger partial charge in [-0.25, -0.2) is 8.42 Å². The molecule has 1 heterocycles. The van der Waals surface area contributed by atoms with Gasteiger partial charge in [-0.2, -0.15) is 0 Å². The molecular formula is C14H30N4O2S. The van der Waals surface area contributed by atoms with Crippen LogP contribution in [-0.4, -0.2) is 68.5 Å². The number of sulfone groups is 1. The summed E-state index contributed by atoms with van der Waals surface area (Å²) in [6.07, 6.45) is 0. The Morgan fingerprint density at radius 3 is 2.38 bits per heavy atom. The first-order valence-corrected chi connectivity index (χ1v) is 9.07. The molecule has 0 spiro atoms. The first-order chi connectivity index (χ1) is 9.48. The normalized spacial score (nSPS) is 22.2. The van der Waals surface area contributed by atoms with Crippen LogP contribution in [0.1, 0.15) is 34.6 Å². The maximum atomic E-state index is 12.0. The van der Waals surface area contributed by atoms with Crippen LogP contribution in [0.5, 0.6) is 0 Å². The average molecular weight is 318 g/mol. The van der Waals surface area contributed by atoms with Gasteiger partial charge in [0.1, 0.15) is 0 Å². The van der Waals surface area contributed by atoms with Crippen molar-refractivity contribution in [3.63, 3.8) is 0 Å². The highest BCUT2D eigenvalue weighted by molar-refractivity contribution is 7.92. The van der Waals surface area contributed by atoms with Gasteiger partial charge in [-0.15, -0.1) is 0 Å². The van der Waals surface area contributed by atoms with Gasteiger partial charge in [-0.05, 0) is 34.6 Å². The standard InChI is InChI=1S/C14H30N4O2S/c1-13(2,3)17-8-7-16-12(15-6)18-9-10-21(19,20)14(4,5)11-18/h17H,7-11H2,1-6H3,(H,15,16). The van der Waals surface area contributed by atoms with Crippen LogP contribution in [0, 0.1) is 0 Å². The van der Waals surface area contributed by atoms with E-state index in [1.807, 2.05) is 4.90 Å². The second-order valence-corrected chi connectivity index (χ2v) is 9.89. The summed E-state index contributed by atoms with van der Waals surface area (Å²) in [5.41, 5.74) is 0.0897. The van der Waals surface area contributed by atoms with Gasteiger partial charge in [0.05, 0.1) is 10.5 Å². The topological polar surface area (TPSA) is 73.8 Å². The molecule has 1 aliphatic heterocycles. The highest BCUT2D eigenvalue weighted by atomic mass is 32.2. The Balaban J connectivity index is 2.55. The Morgan fingerprint density at radius 1 is 1.29 bits per heavy atom. The summed E-state index contributed by atoms with van der Waals surface area (Å²) >= 11 is 0. The molecule has 124 valence electrons. The van der Waals surface area contributed by atoms with Gasteiger partial charge in [-0.3, -0.25) is 4.99 Å². The third-order valence-corrected chi connectivity index (χ3v) is 6.15. The van der Waals surface area contributed by atoms with Crippen molar-refractivity contribution in [3.05, 3.63) is 0 Å². The molecule has 0 aromatic carbocycles. The molecule has 0 aromatic heterocycles. The summed E-state index contributed by atoms with van der Waals surface area (Å²) in [5, 5.41) is 6.70. The fraction of sp³-hybridized carbons (Fsp3) is 0.929. The molecule has 0 unspecified atom stereocenters. The zero-order valence-electron chi connectivity index (χ0n) is 14.2. The molecule has 1 aliphatic rings. The predicted molar refractivity (Wildman–Crippen MR) is 88.6 cm³/mol. The van der Waals surface area contributed by atoms with Crippen molar-refractivity contribution in [3.8, 4) is 0 Å². The quantitative estimate of drug-likeness (QED) is 0.449. The number of aliphatic imine (C=N–C) groups is 1. The van der Waals surface area contributed by atoms with Crippen molar-refractivity contribution in [1.29, 1.82) is 0 Å². The number of hydrogen-bond acceptors (Lipinski definition) is 4. The minimum atomic E-state index is -3.02. The van der Waals surface area contributed by atoms with Gasteiger partial charge in [-0.1, -0.05) is 0 Å². The van der Waals surface area contributed by atoms with Crippen molar-refractivity contribution in [2.75, 3.05) is 39.0 Å². The van der Waals surface area contributed by atoms with Crippen LogP contribution in [0.2, 0.25) is 0 Å². The fourth-order valence-electron chi connectivity index (χ4n) is 2.27. The molecule has 2 N–H and O–H groups in total. The predicted octanol–water partition coefficient (Wildman–Crippen LogP) is 0.459. The molecule has 0 saturated carbocycles. The third kappa shape index (κ3) is 5.14. The van der Waals surface area contributed by atoms with E-state index in [4.69, 9.17) is 0 Å². The summed E-state index contributed by atoms with van der Waals surface area (Å²) in [6.45, 7) is 12.5. The number of guanidine groups is 1. The van der Waals surface area contributed by atoms with Crippen LogP contribution in [0.25, 0.3) is 0 Å². The zero-order chi connectivity index (χ0) is 16.3. The summed E-state index contributed by atoms with van der Waals surface area (Å²) in [4.78, 5) is 6.29. The van der Waals surface area contributed by atoms with Crippen LogP contribution >= 0.6 is 0 Å². The van der Waals surface area contributed by atoms with E-state index in [2.05, 4.69) is 36.4 Å². The van der Waals surface area contributed by atoms with Crippen molar-refractivity contribution in [1.82, 2.24) is 15.5 Å². The molecule has 0 aliphatic carbocycles. The fourth-order valence-corrected chi connectivity index (χ4v) is 3.63. The molecule has 21 heavy (non-hydrogen) atoms. The zero-order valence-corrected chi connectivity index (χ0v) is 15.0. The highest BCUT2D eigenvalue weighted by Gasteiger charge is 2.40. The monoisotopic (exact) mass is 318 g/mol. The van der Waals surface area contributed by atoms with Crippen LogP contribution in [0.3, 0.4) is 0 Å². The first kappa shape index (κ1) is 18.2. The van der Waals surface area contributed by atoms with Crippen LogP contribution in [0.4, 0.5) is 0 Å². The summed E-state index contributed by atoms with van der Waals surface area (Å²) in [7, 11) is -1.29. The molecule has 1 saturated heterocycles. The largest absolute Gasteiger partial charge is 0.355 e. The SMILES string of the molecule is CN=C(NCCNC(C)(C)C)N1CCS(=O)(=O)C(C)(C)C1. The lowest BCUT2D eigenvalue weighted by Crippen LogP contribution is -2.57. The van der Waals surface area contributed by atoms with E-state index in [-0.39, 0.29) is 11.3 Å². The second kappa shape index (κ2) is 6.52. The highest BCUT2D eigenvalue weighted by Crippen LogP contribution is 2.23. The van der Waals surface area contributed by atoms with Gasteiger partial charge in [0, 0.05) is 38.8 Å². The minimum absolute atomic E-state index is 0.0897. The van der Waals surface area contributed by atoms with Crippen LogP contribution in [-0.2, 0) is 9.84 Å². The van der Waals surface area contributed by atoms with Crippen LogP contribution < -0.4 is 10.6 Å². The van der Waals surface area contributed by atoms with Gasteiger partial charge < -0.3 is 15.5 Å². The van der Waals surface area contributed by atoms with Crippen molar-refractivity contribution >= 4 is 15.8 Å². The summed E-state index contributed by atoms with van der Waals surface area (Å²) in [6, 6.07) is 0. The Labute approximate surface area is 129 Å². The van der Waals surface area contributed by atoms with E-state index in [1.54, 1.807) is 20.9 Å². The Morgan fingerprint density at radius 2 is 1.90 bits per heavy atom. The molecule has 1 fully saturated rings. The maximum Gasteiger partial charge on any atom is 0.193 e. The van der Waals surface area contributed by atoms with Gasteiger partial charge in [0.15, 0.2) is 15.8 Å². The average Bonchev–Trinajstić information content (AvgIpc) is 2.32. The number of rotatable bonds is 3. The second-order valence-electron chi connectivity index (χ2n) is 7.15. The summed E-state index contributed by atoms with van der Waals surface area (Å²) in [5.74, 6) is 0.953. The first-order valence-electron chi connectivity index (χ1n) is 7.41. The molecule has 1 rings (SSSR count). The van der Waals surface area contributed by atoms with Crippen molar-refractivity contribution < 1.29 is 8.42 Å². The van der Waals surface area contributed by atoms with Crippen LogP contribution in [0.15, 0.2) is 4.99 Å². The van der Waals surface area contributed by atoms with E-state index in [1.165, 1.54) is 0 Å². The molecule has 0 bridgehead atoms. The number of hydrogen-bond donors (Lipinski definition) is 2. The van der Waals surface area contributed by atoms with Gasteiger partial charge in [0.25, 0.3) is 0 Å². The lowest BCUT2D eigenvalue weighted by atomic mass is 10.1. The molecule has 0 aromatic rings. The minimum Gasteiger partial charge on any atom is -0.355 e. The lowest BCUT2D eigenvalue weighted by Gasteiger charge is -2.39. The Bertz CT molecular complexity index is 478. The maximum absolute atomic E-state index is 12.0. The van der Waals surface area contributed by atoms with E-state index >= 15 is 0 Å². The molecule has 0 atom stereocenters. The van der Waals surface area contributed by atoms with E-state index in [0.717, 1.165) is 19.0 Å². The summed E-state index contributed by atoms with van der Waals surface area (Å²) < 4.78 is 23.3. The van der Waals surface area contributed by atoms with E-state index in [0.29, 0.717) is 13.1 Å². The van der Waals surface area contributed by atoms with Gasteiger partial charge >= 0.3 is 0 Å². The molecule has 0 radical (unpaired) electrons. The number of nitrogens with zero attached hydrogens (tertiary/aromatic N) is 2. The lowest BCUT2D eigenvalue weighted by molar-refractivity contribution is 0.351. The Kier molecular flexibility index (Phi) is 5.66. The Hall–Kier alpha value is -0.820. The van der Waals surface area contributed by atoms with Crippen molar-refractivity contribution in [2.24, 2.45) is 4.99 Å². The molecule has 6 nitrogen and oxygen atoms in total. The third-order valence-electron chi connectivity index (χ3n) is 3.62. The molecule has 0 amide bonds. The molecular weight excluding hydrogens is 288 g/mol. The number of nitrogens with one attached hydrogen (secondary N) is 2. The van der Waals surface area contributed by atoms with E-state index in [9.17, 15) is 8.42 Å². The van der Waals surface area contributed by atoms with Crippen molar-refractivity contribution in [2.45, 2.75) is 44.9 Å².